The summed E-state index contributed by atoms with van der Waals surface area (Å²) in [7, 11) is 1.42. The highest BCUT2D eigenvalue weighted by atomic mass is 35.5. The molecule has 1 aliphatic heterocycles. The minimum Gasteiger partial charge on any atom is -0.468 e. The fourth-order valence-corrected chi connectivity index (χ4v) is 2.95. The molecule has 1 aliphatic rings. The third-order valence-electron chi connectivity index (χ3n) is 3.96. The molecular formula is C16H18ClN3O2. The summed E-state index contributed by atoms with van der Waals surface area (Å²) in [6.45, 7) is 3.59. The fourth-order valence-electron chi connectivity index (χ4n) is 2.69. The van der Waals surface area contributed by atoms with E-state index in [0.29, 0.717) is 11.7 Å². The van der Waals surface area contributed by atoms with Crippen molar-refractivity contribution in [2.45, 2.75) is 0 Å². The Hall–Kier alpha value is -1.85. The Morgan fingerprint density at radius 3 is 2.73 bits per heavy atom. The van der Waals surface area contributed by atoms with Crippen LogP contribution in [0, 0.1) is 0 Å². The lowest BCUT2D eigenvalue weighted by Crippen LogP contribution is -2.48. The van der Waals surface area contributed by atoms with Gasteiger partial charge in [-0.2, -0.15) is 0 Å². The van der Waals surface area contributed by atoms with Crippen LogP contribution in [0.25, 0.3) is 10.8 Å². The van der Waals surface area contributed by atoms with E-state index in [4.69, 9.17) is 16.3 Å². The van der Waals surface area contributed by atoms with Gasteiger partial charge in [0.15, 0.2) is 0 Å². The topological polar surface area (TPSA) is 45.7 Å². The number of hydrogen-bond donors (Lipinski definition) is 0. The van der Waals surface area contributed by atoms with Crippen LogP contribution in [0.2, 0.25) is 5.15 Å². The lowest BCUT2D eigenvalue weighted by molar-refractivity contribution is -0.142. The molecule has 3 rings (SSSR count). The van der Waals surface area contributed by atoms with Gasteiger partial charge in [-0.05, 0) is 11.5 Å². The minimum absolute atomic E-state index is 0.194. The predicted molar refractivity (Wildman–Crippen MR) is 87.4 cm³/mol. The van der Waals surface area contributed by atoms with Gasteiger partial charge in [0.25, 0.3) is 0 Å². The van der Waals surface area contributed by atoms with Crippen molar-refractivity contribution in [3.05, 3.63) is 35.5 Å². The molecule has 1 fully saturated rings. The molecule has 0 N–H and O–H groups in total. The van der Waals surface area contributed by atoms with Crippen molar-refractivity contribution in [1.29, 1.82) is 0 Å². The zero-order valence-electron chi connectivity index (χ0n) is 12.5. The highest BCUT2D eigenvalue weighted by Gasteiger charge is 2.20. The van der Waals surface area contributed by atoms with Gasteiger partial charge in [0.1, 0.15) is 11.0 Å². The maximum Gasteiger partial charge on any atom is 0.319 e. The third-order valence-corrected chi connectivity index (χ3v) is 4.25. The summed E-state index contributed by atoms with van der Waals surface area (Å²) >= 11 is 6.29. The molecule has 0 atom stereocenters. The molecule has 2 heterocycles. The van der Waals surface area contributed by atoms with Gasteiger partial charge >= 0.3 is 5.97 Å². The van der Waals surface area contributed by atoms with Gasteiger partial charge in [-0.15, -0.1) is 0 Å². The molecule has 0 aliphatic carbocycles. The molecule has 1 aromatic carbocycles. The van der Waals surface area contributed by atoms with E-state index in [1.807, 2.05) is 24.3 Å². The number of rotatable bonds is 3. The third kappa shape index (κ3) is 3.15. The number of halogens is 1. The van der Waals surface area contributed by atoms with Crippen LogP contribution in [-0.2, 0) is 9.53 Å². The van der Waals surface area contributed by atoms with Crippen molar-refractivity contribution in [3.8, 4) is 0 Å². The van der Waals surface area contributed by atoms with Gasteiger partial charge in [0, 0.05) is 31.6 Å². The lowest BCUT2D eigenvalue weighted by Gasteiger charge is -2.34. The number of nitrogens with zero attached hydrogens (tertiary/aromatic N) is 3. The van der Waals surface area contributed by atoms with Crippen molar-refractivity contribution in [3.63, 3.8) is 0 Å². The van der Waals surface area contributed by atoms with Gasteiger partial charge in [-0.25, -0.2) is 4.98 Å². The van der Waals surface area contributed by atoms with Crippen molar-refractivity contribution in [1.82, 2.24) is 9.88 Å². The molecular weight excluding hydrogens is 302 g/mol. The van der Waals surface area contributed by atoms with E-state index in [-0.39, 0.29) is 5.97 Å². The number of esters is 1. The van der Waals surface area contributed by atoms with Crippen LogP contribution in [0.15, 0.2) is 30.3 Å². The van der Waals surface area contributed by atoms with Gasteiger partial charge in [0.05, 0.1) is 13.7 Å². The van der Waals surface area contributed by atoms with Crippen molar-refractivity contribution < 1.29 is 9.53 Å². The Labute approximate surface area is 134 Å². The van der Waals surface area contributed by atoms with Crippen LogP contribution in [0.3, 0.4) is 0 Å². The van der Waals surface area contributed by atoms with Crippen LogP contribution in [0.1, 0.15) is 0 Å². The maximum atomic E-state index is 11.3. The van der Waals surface area contributed by atoms with Crippen LogP contribution in [0.5, 0.6) is 0 Å². The number of hydrogen-bond acceptors (Lipinski definition) is 5. The van der Waals surface area contributed by atoms with E-state index in [1.165, 1.54) is 7.11 Å². The maximum absolute atomic E-state index is 11.3. The molecule has 0 amide bonds. The lowest BCUT2D eigenvalue weighted by atomic mass is 10.1. The van der Waals surface area contributed by atoms with E-state index >= 15 is 0 Å². The highest BCUT2D eigenvalue weighted by molar-refractivity contribution is 6.34. The van der Waals surface area contributed by atoms with Crippen LogP contribution >= 0.6 is 11.6 Å². The van der Waals surface area contributed by atoms with Gasteiger partial charge in [-0.1, -0.05) is 35.9 Å². The molecule has 0 bridgehead atoms. The number of carbonyl (C=O) groups is 1. The van der Waals surface area contributed by atoms with Crippen molar-refractivity contribution in [2.24, 2.45) is 0 Å². The van der Waals surface area contributed by atoms with E-state index in [0.717, 1.165) is 42.8 Å². The average molecular weight is 320 g/mol. The zero-order chi connectivity index (χ0) is 15.5. The Kier molecular flexibility index (Phi) is 4.45. The summed E-state index contributed by atoms with van der Waals surface area (Å²) in [4.78, 5) is 20.1. The van der Waals surface area contributed by atoms with Crippen LogP contribution in [0.4, 0.5) is 5.82 Å². The molecule has 0 radical (unpaired) electrons. The number of aromatic nitrogens is 1. The molecule has 22 heavy (non-hydrogen) atoms. The van der Waals surface area contributed by atoms with E-state index < -0.39 is 0 Å². The molecule has 6 heteroatoms. The van der Waals surface area contributed by atoms with Crippen molar-refractivity contribution >= 4 is 34.2 Å². The Balaban J connectivity index is 1.72. The Morgan fingerprint density at radius 2 is 2.00 bits per heavy atom. The highest BCUT2D eigenvalue weighted by Crippen LogP contribution is 2.26. The van der Waals surface area contributed by atoms with E-state index in [2.05, 4.69) is 20.9 Å². The molecule has 1 aromatic heterocycles. The molecule has 0 spiro atoms. The second-order valence-electron chi connectivity index (χ2n) is 5.33. The summed E-state index contributed by atoms with van der Waals surface area (Å²) in [5, 5.41) is 2.59. The van der Waals surface area contributed by atoms with Gasteiger partial charge < -0.3 is 9.64 Å². The SMILES string of the molecule is COC(=O)CN1CCN(c2cc3ccccc3c(Cl)n2)CC1. The van der Waals surface area contributed by atoms with Gasteiger partial charge in [0.2, 0.25) is 0 Å². The molecule has 1 saturated heterocycles. The first-order valence-corrected chi connectivity index (χ1v) is 7.64. The Bertz CT molecular complexity index is 684. The number of carbonyl (C=O) groups excluding carboxylic acids is 1. The molecule has 2 aromatic rings. The summed E-state index contributed by atoms with van der Waals surface area (Å²) in [5.74, 6) is 0.696. The number of pyridine rings is 1. The summed E-state index contributed by atoms with van der Waals surface area (Å²) in [5.41, 5.74) is 0. The van der Waals surface area contributed by atoms with Crippen LogP contribution in [-0.4, -0.2) is 55.7 Å². The standard InChI is InChI=1S/C16H18ClN3O2/c1-22-15(21)11-19-6-8-20(9-7-19)14-10-12-4-2-3-5-13(12)16(17)18-14/h2-5,10H,6-9,11H2,1H3. The summed E-state index contributed by atoms with van der Waals surface area (Å²) < 4.78 is 4.70. The normalized spacial score (nSPS) is 16.0. The van der Waals surface area contributed by atoms with E-state index in [9.17, 15) is 4.79 Å². The number of ether oxygens (including phenoxy) is 1. The van der Waals surface area contributed by atoms with Gasteiger partial charge in [-0.3, -0.25) is 9.69 Å². The quantitative estimate of drug-likeness (QED) is 0.641. The predicted octanol–water partition coefficient (Wildman–Crippen LogP) is 2.18. The summed E-state index contributed by atoms with van der Waals surface area (Å²) in [6.07, 6.45) is 0. The Morgan fingerprint density at radius 1 is 1.27 bits per heavy atom. The number of fused-ring (bicyclic) bond motifs is 1. The first-order chi connectivity index (χ1) is 10.7. The second-order valence-corrected chi connectivity index (χ2v) is 5.69. The first-order valence-electron chi connectivity index (χ1n) is 7.27. The average Bonchev–Trinajstić information content (AvgIpc) is 2.55. The number of piperazine rings is 1. The van der Waals surface area contributed by atoms with E-state index in [1.54, 1.807) is 0 Å². The number of methoxy groups -OCH3 is 1. The first kappa shape index (κ1) is 15.1. The molecule has 5 nitrogen and oxygen atoms in total. The number of benzene rings is 1. The minimum atomic E-state index is -0.194. The monoisotopic (exact) mass is 319 g/mol. The smallest absolute Gasteiger partial charge is 0.319 e. The molecule has 116 valence electrons. The zero-order valence-corrected chi connectivity index (χ0v) is 13.2. The fraction of sp³-hybridized carbons (Fsp3) is 0.375. The molecule has 0 saturated carbocycles. The second kappa shape index (κ2) is 6.50. The van der Waals surface area contributed by atoms with Crippen molar-refractivity contribution in [2.75, 3.05) is 44.7 Å². The van der Waals surface area contributed by atoms with Crippen LogP contribution < -0.4 is 4.90 Å². The summed E-state index contributed by atoms with van der Waals surface area (Å²) in [6, 6.07) is 10.0. The molecule has 0 unspecified atom stereocenters. The largest absolute Gasteiger partial charge is 0.468 e. The number of anilines is 1.